The fraction of sp³-hybridized carbons (Fsp3) is 0. The molecule has 214 valence electrons. The maximum absolute atomic E-state index is 5.46. The van der Waals surface area contributed by atoms with Crippen LogP contribution in [-0.2, 0) is 0 Å². The highest BCUT2D eigenvalue weighted by Crippen LogP contribution is 2.43. The average Bonchev–Trinajstić information content (AvgIpc) is 3.66. The highest BCUT2D eigenvalue weighted by atomic mass is 32.1. The molecule has 0 amide bonds. The second kappa shape index (κ2) is 9.83. The Morgan fingerprint density at radius 2 is 1.09 bits per heavy atom. The van der Waals surface area contributed by atoms with Gasteiger partial charge in [0.25, 0.3) is 0 Å². The molecule has 0 aliphatic rings. The minimum atomic E-state index is 0.727. The molecule has 0 atom stereocenters. The van der Waals surface area contributed by atoms with Gasteiger partial charge in [-0.1, -0.05) is 127 Å². The lowest BCUT2D eigenvalue weighted by Gasteiger charge is -2.12. The number of fused-ring (bicyclic) bond motifs is 9. The van der Waals surface area contributed by atoms with E-state index >= 15 is 0 Å². The van der Waals surface area contributed by atoms with Crippen LogP contribution in [0.5, 0.6) is 0 Å². The van der Waals surface area contributed by atoms with Crippen LogP contribution in [0.4, 0.5) is 0 Å². The van der Waals surface area contributed by atoms with E-state index in [0.717, 1.165) is 38.5 Å². The van der Waals surface area contributed by atoms with Gasteiger partial charge in [-0.2, -0.15) is 0 Å². The third-order valence-corrected chi connectivity index (χ3v) is 10.3. The number of benzene rings is 7. The molecule has 0 spiro atoms. The average molecular weight is 604 g/mol. The number of thiophene rings is 1. The monoisotopic (exact) mass is 603 g/mol. The van der Waals surface area contributed by atoms with Crippen molar-refractivity contribution in [3.63, 3.8) is 0 Å². The second-order valence-electron chi connectivity index (χ2n) is 11.8. The molecule has 0 radical (unpaired) electrons. The zero-order valence-electron chi connectivity index (χ0n) is 24.7. The highest BCUT2D eigenvalue weighted by Gasteiger charge is 2.22. The normalized spacial score (nSPS) is 11.9. The van der Waals surface area contributed by atoms with Gasteiger partial charge in [-0.25, -0.2) is 9.97 Å². The van der Waals surface area contributed by atoms with Gasteiger partial charge in [-0.05, 0) is 56.9 Å². The van der Waals surface area contributed by atoms with Crippen molar-refractivity contribution in [3.05, 3.63) is 152 Å². The smallest absolute Gasteiger partial charge is 0.163 e. The zero-order chi connectivity index (χ0) is 30.2. The summed E-state index contributed by atoms with van der Waals surface area (Å²) in [6, 6.07) is 54.2. The van der Waals surface area contributed by atoms with Crippen LogP contribution in [0.15, 0.2) is 152 Å². The summed E-state index contributed by atoms with van der Waals surface area (Å²) in [7, 11) is 0. The Labute approximate surface area is 268 Å². The Bertz CT molecular complexity index is 2790. The molecular weight excluding hydrogens is 579 g/mol. The van der Waals surface area contributed by atoms with Crippen LogP contribution in [0.2, 0.25) is 0 Å². The van der Waals surface area contributed by atoms with E-state index in [1.165, 1.54) is 53.5 Å². The number of hydrogen-bond donors (Lipinski definition) is 0. The number of hydrogen-bond acceptors (Lipinski definition) is 3. The van der Waals surface area contributed by atoms with Gasteiger partial charge in [0.15, 0.2) is 11.6 Å². The molecule has 3 nitrogen and oxygen atoms in total. The summed E-state index contributed by atoms with van der Waals surface area (Å²) < 4.78 is 3.59. The van der Waals surface area contributed by atoms with Gasteiger partial charge in [0, 0.05) is 26.4 Å². The summed E-state index contributed by atoms with van der Waals surface area (Å²) >= 11 is 1.73. The molecule has 0 bridgehead atoms. The Hall–Kier alpha value is -5.84. The summed E-state index contributed by atoms with van der Waals surface area (Å²) in [5.74, 6) is 1.64. The molecule has 0 unspecified atom stereocenters. The van der Waals surface area contributed by atoms with Gasteiger partial charge < -0.3 is 0 Å². The summed E-state index contributed by atoms with van der Waals surface area (Å²) in [6.07, 6.45) is 0. The van der Waals surface area contributed by atoms with Crippen molar-refractivity contribution < 1.29 is 0 Å². The van der Waals surface area contributed by atoms with Crippen LogP contribution >= 0.6 is 11.3 Å². The molecule has 0 N–H and O–H groups in total. The summed E-state index contributed by atoms with van der Waals surface area (Å²) in [5, 5.41) is 9.66. The summed E-state index contributed by atoms with van der Waals surface area (Å²) in [6.45, 7) is 0. The minimum absolute atomic E-state index is 0.727. The highest BCUT2D eigenvalue weighted by molar-refractivity contribution is 7.25. The fourth-order valence-corrected chi connectivity index (χ4v) is 8.11. The molecule has 3 aromatic heterocycles. The van der Waals surface area contributed by atoms with Crippen molar-refractivity contribution in [3.8, 4) is 28.3 Å². The molecule has 4 heteroatoms. The van der Waals surface area contributed by atoms with Crippen molar-refractivity contribution >= 4 is 75.0 Å². The van der Waals surface area contributed by atoms with Gasteiger partial charge in [0.2, 0.25) is 0 Å². The summed E-state index contributed by atoms with van der Waals surface area (Å²) in [4.78, 5) is 11.7. The Morgan fingerprint density at radius 1 is 0.435 bits per heavy atom. The standard InChI is InChI=1S/C42H25N3S/c1-2-10-26(11-3-1)27-18-20-29(21-19-27)40-43-41(39-33-16-8-9-17-37(33)46-42(39)44-40)45-35-23-22-28-12-6-7-15-32(28)38(35)34-24-30-13-4-5-14-31(30)25-36(34)45/h1-25H. The molecule has 10 rings (SSSR count). The largest absolute Gasteiger partial charge is 0.293 e. The fourth-order valence-electron chi connectivity index (χ4n) is 7.04. The maximum atomic E-state index is 5.46. The van der Waals surface area contributed by atoms with E-state index in [4.69, 9.17) is 9.97 Å². The quantitative estimate of drug-likeness (QED) is 0.201. The first-order chi connectivity index (χ1) is 22.8. The van der Waals surface area contributed by atoms with E-state index in [-0.39, 0.29) is 0 Å². The van der Waals surface area contributed by atoms with E-state index in [2.05, 4.69) is 150 Å². The first kappa shape index (κ1) is 25.5. The van der Waals surface area contributed by atoms with Crippen LogP contribution in [0.25, 0.3) is 92.0 Å². The Morgan fingerprint density at radius 3 is 1.91 bits per heavy atom. The molecule has 10 aromatic rings. The van der Waals surface area contributed by atoms with Gasteiger partial charge in [-0.3, -0.25) is 4.57 Å². The lowest BCUT2D eigenvalue weighted by molar-refractivity contribution is 1.08. The number of aromatic nitrogens is 3. The Kier molecular flexibility index (Phi) is 5.45. The maximum Gasteiger partial charge on any atom is 0.163 e. The van der Waals surface area contributed by atoms with E-state index in [9.17, 15) is 0 Å². The molecule has 0 saturated heterocycles. The van der Waals surface area contributed by atoms with E-state index in [0.29, 0.717) is 0 Å². The van der Waals surface area contributed by atoms with Crippen LogP contribution in [0.3, 0.4) is 0 Å². The molecule has 0 aliphatic carbocycles. The van der Waals surface area contributed by atoms with Crippen molar-refractivity contribution in [1.82, 2.24) is 14.5 Å². The van der Waals surface area contributed by atoms with Crippen LogP contribution in [0.1, 0.15) is 0 Å². The Balaban J connectivity index is 1.33. The molecule has 0 saturated carbocycles. The van der Waals surface area contributed by atoms with Crippen molar-refractivity contribution in [2.45, 2.75) is 0 Å². The predicted molar refractivity (Wildman–Crippen MR) is 195 cm³/mol. The van der Waals surface area contributed by atoms with Crippen LogP contribution in [0, 0.1) is 0 Å². The SMILES string of the molecule is c1ccc(-c2ccc(-c3nc(-n4c5cc6ccccc6cc5c5c6ccccc6ccc54)c4c(n3)sc3ccccc34)cc2)cc1. The minimum Gasteiger partial charge on any atom is -0.293 e. The van der Waals surface area contributed by atoms with Crippen LogP contribution < -0.4 is 0 Å². The van der Waals surface area contributed by atoms with Crippen molar-refractivity contribution in [2.24, 2.45) is 0 Å². The number of nitrogens with zero attached hydrogens (tertiary/aromatic N) is 3. The second-order valence-corrected chi connectivity index (χ2v) is 12.9. The van der Waals surface area contributed by atoms with Crippen molar-refractivity contribution in [1.29, 1.82) is 0 Å². The zero-order valence-corrected chi connectivity index (χ0v) is 25.5. The molecule has 46 heavy (non-hydrogen) atoms. The molecule has 7 aromatic carbocycles. The predicted octanol–water partition coefficient (Wildman–Crippen LogP) is 11.6. The first-order valence-electron chi connectivity index (χ1n) is 15.5. The van der Waals surface area contributed by atoms with Crippen LogP contribution in [-0.4, -0.2) is 14.5 Å². The van der Waals surface area contributed by atoms with Gasteiger partial charge in [-0.15, -0.1) is 11.3 Å². The topological polar surface area (TPSA) is 30.7 Å². The van der Waals surface area contributed by atoms with Crippen molar-refractivity contribution in [2.75, 3.05) is 0 Å². The molecule has 0 fully saturated rings. The van der Waals surface area contributed by atoms with Gasteiger partial charge in [0.05, 0.1) is 16.4 Å². The number of rotatable bonds is 3. The third-order valence-electron chi connectivity index (χ3n) is 9.20. The van der Waals surface area contributed by atoms with Gasteiger partial charge in [0.1, 0.15) is 4.83 Å². The lowest BCUT2D eigenvalue weighted by atomic mass is 10.0. The van der Waals surface area contributed by atoms with E-state index in [1.807, 2.05) is 6.07 Å². The molecule has 3 heterocycles. The van der Waals surface area contributed by atoms with Gasteiger partial charge >= 0.3 is 0 Å². The lowest BCUT2D eigenvalue weighted by Crippen LogP contribution is -2.02. The van der Waals surface area contributed by atoms with E-state index < -0.39 is 0 Å². The molecule has 0 aliphatic heterocycles. The summed E-state index contributed by atoms with van der Waals surface area (Å²) in [5.41, 5.74) is 5.65. The van der Waals surface area contributed by atoms with E-state index in [1.54, 1.807) is 11.3 Å². The first-order valence-corrected chi connectivity index (χ1v) is 16.3. The molecular formula is C42H25N3S. The third kappa shape index (κ3) is 3.77.